The zero-order chi connectivity index (χ0) is 21.9. The van der Waals surface area contributed by atoms with E-state index in [-0.39, 0.29) is 29.6 Å². The molecule has 158 valence electrons. The predicted molar refractivity (Wildman–Crippen MR) is 116 cm³/mol. The van der Waals surface area contributed by atoms with E-state index in [1.165, 1.54) is 28.2 Å². The van der Waals surface area contributed by atoms with Gasteiger partial charge in [0.1, 0.15) is 11.1 Å². The van der Waals surface area contributed by atoms with Crippen LogP contribution in [0.4, 0.5) is 0 Å². The summed E-state index contributed by atoms with van der Waals surface area (Å²) in [5.74, 6) is 0.0440. The van der Waals surface area contributed by atoms with Crippen molar-refractivity contribution in [2.75, 3.05) is 31.9 Å². The fourth-order valence-electron chi connectivity index (χ4n) is 3.20. The Bertz CT molecular complexity index is 1090. The Balaban J connectivity index is 1.60. The van der Waals surface area contributed by atoms with Crippen LogP contribution in [-0.4, -0.2) is 60.4 Å². The topological polar surface area (TPSA) is 94.4 Å². The van der Waals surface area contributed by atoms with Gasteiger partial charge in [-0.3, -0.25) is 4.79 Å². The first-order valence-corrected chi connectivity index (χ1v) is 12.1. The number of thioether (sulfide) groups is 1. The molecule has 2 aromatic rings. The lowest BCUT2D eigenvalue weighted by molar-refractivity contribution is -0.129. The molecule has 3 rings (SSSR count). The quantitative estimate of drug-likeness (QED) is 0.631. The van der Waals surface area contributed by atoms with Crippen molar-refractivity contribution in [2.24, 2.45) is 0 Å². The van der Waals surface area contributed by atoms with E-state index in [1.54, 1.807) is 17.0 Å². The molecule has 0 atom stereocenters. The van der Waals surface area contributed by atoms with E-state index in [4.69, 9.17) is 11.6 Å². The summed E-state index contributed by atoms with van der Waals surface area (Å²) >= 11 is 7.07. The number of rotatable bonds is 5. The Hall–Kier alpha value is -2.12. The van der Waals surface area contributed by atoms with Crippen LogP contribution in [-0.2, 0) is 14.8 Å². The summed E-state index contributed by atoms with van der Waals surface area (Å²) in [6.07, 6.45) is 0. The monoisotopic (exact) mass is 464 g/mol. The summed E-state index contributed by atoms with van der Waals surface area (Å²) in [6, 6.07) is 10.0. The molecule has 0 aliphatic carbocycles. The van der Waals surface area contributed by atoms with Crippen molar-refractivity contribution < 1.29 is 13.2 Å². The normalized spacial score (nSPS) is 15.1. The molecule has 2 heterocycles. The SMILES string of the molecule is Cc1cc(C)c(C#N)c(SCC(=O)N2CCN(S(=O)(=O)c3ccc(Cl)cc3)CC2)n1. The second-order valence-corrected chi connectivity index (χ2v) is 10.2. The summed E-state index contributed by atoms with van der Waals surface area (Å²) in [7, 11) is -3.62. The van der Waals surface area contributed by atoms with Crippen LogP contribution in [0.25, 0.3) is 0 Å². The van der Waals surface area contributed by atoms with Gasteiger partial charge < -0.3 is 4.90 Å². The molecule has 0 spiro atoms. The Morgan fingerprint density at radius 3 is 2.43 bits per heavy atom. The molecule has 7 nitrogen and oxygen atoms in total. The zero-order valence-electron chi connectivity index (χ0n) is 16.6. The Morgan fingerprint density at radius 1 is 1.20 bits per heavy atom. The highest BCUT2D eigenvalue weighted by molar-refractivity contribution is 8.00. The van der Waals surface area contributed by atoms with E-state index in [1.807, 2.05) is 19.9 Å². The van der Waals surface area contributed by atoms with Crippen LogP contribution in [0.5, 0.6) is 0 Å². The second-order valence-electron chi connectivity index (χ2n) is 6.90. The van der Waals surface area contributed by atoms with Gasteiger partial charge in [-0.15, -0.1) is 0 Å². The third-order valence-electron chi connectivity index (χ3n) is 4.80. The Morgan fingerprint density at radius 2 is 1.83 bits per heavy atom. The maximum Gasteiger partial charge on any atom is 0.243 e. The lowest BCUT2D eigenvalue weighted by Gasteiger charge is -2.34. The number of pyridine rings is 1. The number of amides is 1. The molecule has 0 radical (unpaired) electrons. The number of nitrogens with zero attached hydrogens (tertiary/aromatic N) is 4. The third kappa shape index (κ3) is 4.95. The molecule has 1 aliphatic heterocycles. The summed E-state index contributed by atoms with van der Waals surface area (Å²) in [6.45, 7) is 4.79. The molecule has 1 aromatic heterocycles. The van der Waals surface area contributed by atoms with Crippen molar-refractivity contribution in [1.29, 1.82) is 5.26 Å². The number of sulfonamides is 1. The second kappa shape index (κ2) is 9.35. The van der Waals surface area contributed by atoms with E-state index >= 15 is 0 Å². The van der Waals surface area contributed by atoms with Crippen molar-refractivity contribution >= 4 is 39.3 Å². The summed E-state index contributed by atoms with van der Waals surface area (Å²) in [5.41, 5.74) is 2.11. The predicted octanol–water partition coefficient (Wildman–Crippen LogP) is 2.85. The fraction of sp³-hybridized carbons (Fsp3) is 0.350. The number of benzene rings is 1. The number of piperazine rings is 1. The number of aryl methyl sites for hydroxylation is 2. The van der Waals surface area contributed by atoms with Gasteiger partial charge in [0.15, 0.2) is 0 Å². The van der Waals surface area contributed by atoms with Crippen LogP contribution in [0, 0.1) is 25.2 Å². The lowest BCUT2D eigenvalue weighted by atomic mass is 10.1. The number of halogens is 1. The van der Waals surface area contributed by atoms with E-state index < -0.39 is 10.0 Å². The maximum absolute atomic E-state index is 12.8. The van der Waals surface area contributed by atoms with Gasteiger partial charge in [-0.25, -0.2) is 13.4 Å². The van der Waals surface area contributed by atoms with Crippen LogP contribution in [0.2, 0.25) is 5.02 Å². The molecule has 0 saturated carbocycles. The minimum atomic E-state index is -3.62. The van der Waals surface area contributed by atoms with Gasteiger partial charge in [0, 0.05) is 36.9 Å². The Labute approximate surface area is 185 Å². The molecule has 0 bridgehead atoms. The van der Waals surface area contributed by atoms with Gasteiger partial charge in [0.05, 0.1) is 16.2 Å². The maximum atomic E-state index is 12.8. The van der Waals surface area contributed by atoms with Crippen molar-refractivity contribution in [1.82, 2.24) is 14.2 Å². The van der Waals surface area contributed by atoms with Crippen molar-refractivity contribution in [2.45, 2.75) is 23.8 Å². The molecule has 1 amide bonds. The van der Waals surface area contributed by atoms with E-state index in [0.29, 0.717) is 28.7 Å². The molecule has 1 aromatic carbocycles. The molecule has 0 unspecified atom stereocenters. The van der Waals surface area contributed by atoms with Crippen LogP contribution in [0.1, 0.15) is 16.8 Å². The molecule has 1 fully saturated rings. The van der Waals surface area contributed by atoms with Gasteiger partial charge in [0.2, 0.25) is 15.9 Å². The number of hydrogen-bond acceptors (Lipinski definition) is 6. The van der Waals surface area contributed by atoms with E-state index in [2.05, 4.69) is 11.1 Å². The van der Waals surface area contributed by atoms with Gasteiger partial charge in [-0.1, -0.05) is 23.4 Å². The van der Waals surface area contributed by atoms with Crippen molar-refractivity contribution in [3.63, 3.8) is 0 Å². The molecule has 30 heavy (non-hydrogen) atoms. The number of carbonyl (C=O) groups is 1. The van der Waals surface area contributed by atoms with Crippen LogP contribution in [0.15, 0.2) is 40.3 Å². The lowest BCUT2D eigenvalue weighted by Crippen LogP contribution is -2.50. The number of hydrogen-bond donors (Lipinski definition) is 0. The molecule has 1 aliphatic rings. The van der Waals surface area contributed by atoms with Gasteiger partial charge in [-0.2, -0.15) is 9.57 Å². The highest BCUT2D eigenvalue weighted by Gasteiger charge is 2.30. The first kappa shape index (κ1) is 22.6. The highest BCUT2D eigenvalue weighted by Crippen LogP contribution is 2.25. The summed E-state index contributed by atoms with van der Waals surface area (Å²) in [5, 5.41) is 10.4. The average Bonchev–Trinajstić information content (AvgIpc) is 2.72. The van der Waals surface area contributed by atoms with Crippen LogP contribution < -0.4 is 0 Å². The van der Waals surface area contributed by atoms with E-state index in [9.17, 15) is 18.5 Å². The third-order valence-corrected chi connectivity index (χ3v) is 7.92. The van der Waals surface area contributed by atoms with Crippen molar-refractivity contribution in [3.05, 3.63) is 52.2 Å². The fourth-order valence-corrected chi connectivity index (χ4v) is 5.75. The van der Waals surface area contributed by atoms with E-state index in [0.717, 1.165) is 11.3 Å². The first-order chi connectivity index (χ1) is 14.2. The smallest absolute Gasteiger partial charge is 0.243 e. The number of aromatic nitrogens is 1. The highest BCUT2D eigenvalue weighted by atomic mass is 35.5. The minimum Gasteiger partial charge on any atom is -0.339 e. The van der Waals surface area contributed by atoms with Gasteiger partial charge in [-0.05, 0) is 49.7 Å². The van der Waals surface area contributed by atoms with Gasteiger partial charge in [0.25, 0.3) is 0 Å². The molecular weight excluding hydrogens is 444 g/mol. The number of nitriles is 1. The Kier molecular flexibility index (Phi) is 7.03. The molecule has 10 heteroatoms. The summed E-state index contributed by atoms with van der Waals surface area (Å²) in [4.78, 5) is 18.8. The molecule has 0 N–H and O–H groups in total. The van der Waals surface area contributed by atoms with Crippen LogP contribution >= 0.6 is 23.4 Å². The zero-order valence-corrected chi connectivity index (χ0v) is 19.0. The largest absolute Gasteiger partial charge is 0.339 e. The van der Waals surface area contributed by atoms with Crippen LogP contribution in [0.3, 0.4) is 0 Å². The minimum absolute atomic E-state index is 0.103. The van der Waals surface area contributed by atoms with Crippen molar-refractivity contribution in [3.8, 4) is 6.07 Å². The molecular formula is C20H21ClN4O3S2. The first-order valence-electron chi connectivity index (χ1n) is 9.27. The standard InChI is InChI=1S/C20H21ClN4O3S2/c1-14-11-15(2)23-20(18(14)12-22)29-13-19(26)24-7-9-25(10-8-24)30(27,28)17-5-3-16(21)4-6-17/h3-6,11H,7-10,13H2,1-2H3. The summed E-state index contributed by atoms with van der Waals surface area (Å²) < 4.78 is 26.9. The number of carbonyl (C=O) groups excluding carboxylic acids is 1. The van der Waals surface area contributed by atoms with Gasteiger partial charge >= 0.3 is 0 Å². The average molecular weight is 465 g/mol. The molecule has 1 saturated heterocycles.